The zero-order chi connectivity index (χ0) is 23.3. The molecule has 32 heavy (non-hydrogen) atoms. The number of ether oxygens (including phenoxy) is 1. The zero-order valence-corrected chi connectivity index (χ0v) is 19.5. The molecular weight excluding hydrogens is 428 g/mol. The third-order valence-corrected chi connectivity index (χ3v) is 7.40. The largest absolute Gasteiger partial charge is 0.477 e. The van der Waals surface area contributed by atoms with Crippen LogP contribution in [0.15, 0.2) is 53.4 Å². The van der Waals surface area contributed by atoms with Gasteiger partial charge in [-0.05, 0) is 44.0 Å². The normalized spacial score (nSPS) is 15.8. The number of nitrogens with zero attached hydrogens (tertiary/aromatic N) is 1. The Bertz CT molecular complexity index is 1060. The number of hydrogen-bond donors (Lipinski definition) is 1. The fourth-order valence-electron chi connectivity index (χ4n) is 3.61. The Morgan fingerprint density at radius 3 is 2.41 bits per heavy atom. The molecule has 3 rings (SSSR count). The lowest BCUT2D eigenvalue weighted by molar-refractivity contribution is -0.129. The second kappa shape index (κ2) is 10.2. The molecule has 2 aromatic carbocycles. The first kappa shape index (κ1) is 23.8. The van der Waals surface area contributed by atoms with Gasteiger partial charge in [-0.1, -0.05) is 43.7 Å². The molecule has 1 N–H and O–H groups in total. The summed E-state index contributed by atoms with van der Waals surface area (Å²) >= 11 is 0. The molecule has 2 amide bonds. The number of carbonyl (C=O) groups is 2. The van der Waals surface area contributed by atoms with Crippen molar-refractivity contribution in [2.45, 2.75) is 57.1 Å². The summed E-state index contributed by atoms with van der Waals surface area (Å²) in [4.78, 5) is 27.5. The number of para-hydroxylation sites is 2. The highest BCUT2D eigenvalue weighted by atomic mass is 32.2. The Balaban J connectivity index is 1.75. The quantitative estimate of drug-likeness (QED) is 0.655. The van der Waals surface area contributed by atoms with Gasteiger partial charge >= 0.3 is 0 Å². The standard InChI is InChI=1S/C24H30N2O5S/c1-4-18(5-2)25-24(28)22-16-26(20-8-6-7-9-21(20)31-22)23(27)14-15-32(29,30)19-12-10-17(3)11-13-19/h6-13,18,22H,4-5,14-16H2,1-3H3,(H,25,28). The minimum absolute atomic E-state index is 0.0341. The summed E-state index contributed by atoms with van der Waals surface area (Å²) in [5.74, 6) is -0.521. The number of aryl methyl sites for hydroxylation is 1. The number of carbonyl (C=O) groups excluding carboxylic acids is 2. The highest BCUT2D eigenvalue weighted by Crippen LogP contribution is 2.33. The molecule has 0 bridgehead atoms. The average molecular weight is 459 g/mol. The van der Waals surface area contributed by atoms with Crippen LogP contribution >= 0.6 is 0 Å². The van der Waals surface area contributed by atoms with E-state index in [0.717, 1.165) is 18.4 Å². The molecule has 0 aromatic heterocycles. The number of nitrogens with one attached hydrogen (secondary N) is 1. The number of rotatable bonds is 8. The fraction of sp³-hybridized carbons (Fsp3) is 0.417. The van der Waals surface area contributed by atoms with E-state index in [1.807, 2.05) is 20.8 Å². The average Bonchev–Trinajstić information content (AvgIpc) is 2.80. The van der Waals surface area contributed by atoms with Crippen LogP contribution in [0.25, 0.3) is 0 Å². The molecule has 0 spiro atoms. The lowest BCUT2D eigenvalue weighted by atomic mass is 10.1. The van der Waals surface area contributed by atoms with Crippen LogP contribution in [0.2, 0.25) is 0 Å². The molecule has 1 aliphatic rings. The van der Waals surface area contributed by atoms with Crippen LogP contribution < -0.4 is 15.0 Å². The van der Waals surface area contributed by atoms with Crippen molar-refractivity contribution in [1.29, 1.82) is 0 Å². The smallest absolute Gasteiger partial charge is 0.263 e. The maximum absolute atomic E-state index is 13.1. The van der Waals surface area contributed by atoms with Gasteiger partial charge in [0.25, 0.3) is 5.91 Å². The van der Waals surface area contributed by atoms with Gasteiger partial charge in [0.1, 0.15) is 5.75 Å². The summed E-state index contributed by atoms with van der Waals surface area (Å²) < 4.78 is 31.2. The highest BCUT2D eigenvalue weighted by Gasteiger charge is 2.34. The van der Waals surface area contributed by atoms with E-state index in [2.05, 4.69) is 5.32 Å². The van der Waals surface area contributed by atoms with E-state index in [-0.39, 0.29) is 41.5 Å². The third-order valence-electron chi connectivity index (χ3n) is 5.66. The minimum Gasteiger partial charge on any atom is -0.477 e. The first-order valence-corrected chi connectivity index (χ1v) is 12.6. The van der Waals surface area contributed by atoms with Crippen molar-refractivity contribution in [2.75, 3.05) is 17.2 Å². The van der Waals surface area contributed by atoms with E-state index >= 15 is 0 Å². The summed E-state index contributed by atoms with van der Waals surface area (Å²) in [6, 6.07) is 13.6. The highest BCUT2D eigenvalue weighted by molar-refractivity contribution is 7.91. The van der Waals surface area contributed by atoms with Crippen LogP contribution in [0.3, 0.4) is 0 Å². The summed E-state index contributed by atoms with van der Waals surface area (Å²) in [5.41, 5.74) is 1.50. The van der Waals surface area contributed by atoms with Crippen molar-refractivity contribution in [3.05, 3.63) is 54.1 Å². The second-order valence-electron chi connectivity index (χ2n) is 7.98. The number of sulfone groups is 1. The van der Waals surface area contributed by atoms with Crippen molar-refractivity contribution in [3.63, 3.8) is 0 Å². The van der Waals surface area contributed by atoms with Crippen LogP contribution in [0.4, 0.5) is 5.69 Å². The van der Waals surface area contributed by atoms with Crippen molar-refractivity contribution >= 4 is 27.3 Å². The first-order valence-electron chi connectivity index (χ1n) is 10.9. The predicted molar refractivity (Wildman–Crippen MR) is 124 cm³/mol. The number of amides is 2. The first-order chi connectivity index (χ1) is 15.2. The summed E-state index contributed by atoms with van der Waals surface area (Å²) in [6.07, 6.45) is 0.546. The predicted octanol–water partition coefficient (Wildman–Crippen LogP) is 3.26. The van der Waals surface area contributed by atoms with Gasteiger partial charge in [-0.15, -0.1) is 0 Å². The van der Waals surface area contributed by atoms with Gasteiger partial charge in [-0.3, -0.25) is 9.59 Å². The van der Waals surface area contributed by atoms with Gasteiger partial charge < -0.3 is 15.0 Å². The van der Waals surface area contributed by atoms with Crippen molar-refractivity contribution in [1.82, 2.24) is 5.32 Å². The van der Waals surface area contributed by atoms with E-state index in [1.54, 1.807) is 48.5 Å². The molecule has 1 aliphatic heterocycles. The molecule has 172 valence electrons. The summed E-state index contributed by atoms with van der Waals surface area (Å²) in [6.45, 7) is 5.91. The molecule has 1 atom stereocenters. The fourth-order valence-corrected chi connectivity index (χ4v) is 4.84. The molecule has 8 heteroatoms. The Kier molecular flexibility index (Phi) is 7.56. The number of anilines is 1. The Hall–Kier alpha value is -2.87. The van der Waals surface area contributed by atoms with E-state index in [9.17, 15) is 18.0 Å². The summed E-state index contributed by atoms with van der Waals surface area (Å²) in [5, 5.41) is 2.96. The van der Waals surface area contributed by atoms with E-state index < -0.39 is 15.9 Å². The molecule has 7 nitrogen and oxygen atoms in total. The topological polar surface area (TPSA) is 92.8 Å². The molecule has 0 fully saturated rings. The maximum Gasteiger partial charge on any atom is 0.263 e. The van der Waals surface area contributed by atoms with Crippen molar-refractivity contribution in [3.8, 4) is 5.75 Å². The Labute approximate surface area is 189 Å². The number of benzene rings is 2. The van der Waals surface area contributed by atoms with Crippen LogP contribution in [-0.4, -0.2) is 44.7 Å². The Morgan fingerprint density at radius 2 is 1.75 bits per heavy atom. The van der Waals surface area contributed by atoms with Crippen LogP contribution in [-0.2, 0) is 19.4 Å². The van der Waals surface area contributed by atoms with Crippen molar-refractivity contribution < 1.29 is 22.7 Å². The zero-order valence-electron chi connectivity index (χ0n) is 18.7. The van der Waals surface area contributed by atoms with Crippen LogP contribution in [0.5, 0.6) is 5.75 Å². The summed E-state index contributed by atoms with van der Waals surface area (Å²) in [7, 11) is -3.60. The molecule has 1 heterocycles. The lowest BCUT2D eigenvalue weighted by Gasteiger charge is -2.34. The van der Waals surface area contributed by atoms with Crippen molar-refractivity contribution in [2.24, 2.45) is 0 Å². The number of hydrogen-bond acceptors (Lipinski definition) is 5. The molecule has 1 unspecified atom stereocenters. The lowest BCUT2D eigenvalue weighted by Crippen LogP contribution is -2.52. The van der Waals surface area contributed by atoms with E-state index in [0.29, 0.717) is 11.4 Å². The van der Waals surface area contributed by atoms with Gasteiger partial charge in [-0.2, -0.15) is 0 Å². The van der Waals surface area contributed by atoms with Crippen LogP contribution in [0.1, 0.15) is 38.7 Å². The molecule has 2 aromatic rings. The molecular formula is C24H30N2O5S. The van der Waals surface area contributed by atoms with E-state index in [4.69, 9.17) is 4.74 Å². The third kappa shape index (κ3) is 5.48. The second-order valence-corrected chi connectivity index (χ2v) is 10.1. The van der Waals surface area contributed by atoms with Gasteiger partial charge in [0.2, 0.25) is 5.91 Å². The molecule has 0 saturated carbocycles. The van der Waals surface area contributed by atoms with E-state index in [1.165, 1.54) is 4.90 Å². The minimum atomic E-state index is -3.60. The van der Waals surface area contributed by atoms with Gasteiger partial charge in [-0.25, -0.2) is 8.42 Å². The molecule has 0 radical (unpaired) electrons. The molecule has 0 aliphatic carbocycles. The SMILES string of the molecule is CCC(CC)NC(=O)C1CN(C(=O)CCS(=O)(=O)c2ccc(C)cc2)c2ccccc2O1. The van der Waals surface area contributed by atoms with Gasteiger partial charge in [0.15, 0.2) is 15.9 Å². The monoisotopic (exact) mass is 458 g/mol. The van der Waals surface area contributed by atoms with Crippen LogP contribution in [0, 0.1) is 6.92 Å². The van der Waals surface area contributed by atoms with Gasteiger partial charge in [0, 0.05) is 12.5 Å². The van der Waals surface area contributed by atoms with Gasteiger partial charge in [0.05, 0.1) is 22.9 Å². The maximum atomic E-state index is 13.1. The molecule has 0 saturated heterocycles. The Morgan fingerprint density at radius 1 is 1.09 bits per heavy atom. The number of fused-ring (bicyclic) bond motifs is 1.